The average Bonchev–Trinajstić information content (AvgIpc) is 3.21. The van der Waals surface area contributed by atoms with E-state index in [2.05, 4.69) is 34.4 Å². The van der Waals surface area contributed by atoms with Gasteiger partial charge in [-0.25, -0.2) is 0 Å². The summed E-state index contributed by atoms with van der Waals surface area (Å²) >= 11 is 1.52. The Labute approximate surface area is 148 Å². The molecule has 2 heterocycles. The number of carbonyl (C=O) groups excluding carboxylic acids is 1. The SMILES string of the molecule is CC(C)n1ccc(C(=O)N=c2sc3ccc4ccccc4c3n2C)n1. The third kappa shape index (κ3) is 2.68. The van der Waals surface area contributed by atoms with Crippen LogP contribution in [0, 0.1) is 0 Å². The predicted molar refractivity (Wildman–Crippen MR) is 101 cm³/mol. The van der Waals surface area contributed by atoms with Gasteiger partial charge < -0.3 is 4.57 Å². The van der Waals surface area contributed by atoms with E-state index in [1.165, 1.54) is 16.7 Å². The van der Waals surface area contributed by atoms with Crippen molar-refractivity contribution in [1.82, 2.24) is 14.3 Å². The van der Waals surface area contributed by atoms with Crippen molar-refractivity contribution in [2.24, 2.45) is 12.0 Å². The Morgan fingerprint density at radius 2 is 1.96 bits per heavy atom. The van der Waals surface area contributed by atoms with Gasteiger partial charge in [-0.2, -0.15) is 10.1 Å². The minimum absolute atomic E-state index is 0.216. The maximum absolute atomic E-state index is 12.5. The van der Waals surface area contributed by atoms with E-state index in [0.29, 0.717) is 10.5 Å². The molecule has 0 bridgehead atoms. The minimum Gasteiger partial charge on any atom is -0.319 e. The summed E-state index contributed by atoms with van der Waals surface area (Å²) in [5, 5.41) is 6.65. The molecule has 0 fully saturated rings. The van der Waals surface area contributed by atoms with Crippen LogP contribution in [0.15, 0.2) is 53.7 Å². The standard InChI is InChI=1S/C19H18N4OS/c1-12(2)23-11-10-15(21-23)18(24)20-19-22(3)17-14-7-5-4-6-13(14)8-9-16(17)25-19/h4-12H,1-3H3. The highest BCUT2D eigenvalue weighted by molar-refractivity contribution is 7.16. The molecule has 0 saturated heterocycles. The van der Waals surface area contributed by atoms with Gasteiger partial charge in [-0.1, -0.05) is 41.7 Å². The Hall–Kier alpha value is -2.73. The van der Waals surface area contributed by atoms with Crippen molar-refractivity contribution >= 4 is 38.2 Å². The number of benzene rings is 2. The third-order valence-corrected chi connectivity index (χ3v) is 5.34. The molecule has 5 nitrogen and oxygen atoms in total. The Balaban J connectivity index is 1.85. The van der Waals surface area contributed by atoms with E-state index >= 15 is 0 Å². The smallest absolute Gasteiger partial charge is 0.300 e. The van der Waals surface area contributed by atoms with Crippen LogP contribution in [-0.4, -0.2) is 20.3 Å². The van der Waals surface area contributed by atoms with Crippen LogP contribution in [0.2, 0.25) is 0 Å². The van der Waals surface area contributed by atoms with E-state index in [4.69, 9.17) is 0 Å². The fourth-order valence-electron chi connectivity index (χ4n) is 2.91. The number of aromatic nitrogens is 3. The molecule has 25 heavy (non-hydrogen) atoms. The van der Waals surface area contributed by atoms with Gasteiger partial charge >= 0.3 is 0 Å². The lowest BCUT2D eigenvalue weighted by Gasteiger charge is -2.02. The van der Waals surface area contributed by atoms with E-state index in [0.717, 1.165) is 15.6 Å². The van der Waals surface area contributed by atoms with Gasteiger partial charge in [-0.15, -0.1) is 0 Å². The van der Waals surface area contributed by atoms with E-state index < -0.39 is 0 Å². The predicted octanol–water partition coefficient (Wildman–Crippen LogP) is 3.91. The first kappa shape index (κ1) is 15.8. The molecule has 6 heteroatoms. The van der Waals surface area contributed by atoms with Crippen molar-refractivity contribution in [2.45, 2.75) is 19.9 Å². The number of fused-ring (bicyclic) bond motifs is 3. The van der Waals surface area contributed by atoms with E-state index in [1.54, 1.807) is 10.7 Å². The molecule has 0 atom stereocenters. The van der Waals surface area contributed by atoms with Gasteiger partial charge in [0.25, 0.3) is 5.91 Å². The average molecular weight is 350 g/mol. The number of rotatable bonds is 2. The van der Waals surface area contributed by atoms with Gasteiger partial charge in [0, 0.05) is 24.7 Å². The highest BCUT2D eigenvalue weighted by Crippen LogP contribution is 2.26. The zero-order chi connectivity index (χ0) is 17.6. The van der Waals surface area contributed by atoms with E-state index in [1.807, 2.05) is 43.8 Å². The normalized spacial score (nSPS) is 12.6. The summed E-state index contributed by atoms with van der Waals surface area (Å²) < 4.78 is 4.86. The molecule has 4 aromatic rings. The minimum atomic E-state index is -0.314. The first-order chi connectivity index (χ1) is 12.0. The number of amides is 1. The van der Waals surface area contributed by atoms with Gasteiger partial charge in [0.15, 0.2) is 10.5 Å². The van der Waals surface area contributed by atoms with Gasteiger partial charge in [0.05, 0.1) is 10.2 Å². The quantitative estimate of drug-likeness (QED) is 0.550. The zero-order valence-electron chi connectivity index (χ0n) is 14.3. The molecule has 0 aliphatic heterocycles. The largest absolute Gasteiger partial charge is 0.319 e. The van der Waals surface area contributed by atoms with Crippen LogP contribution in [0.3, 0.4) is 0 Å². The third-order valence-electron chi connectivity index (χ3n) is 4.24. The summed E-state index contributed by atoms with van der Waals surface area (Å²) in [4.78, 5) is 17.5. The van der Waals surface area contributed by atoms with Crippen LogP contribution < -0.4 is 4.80 Å². The van der Waals surface area contributed by atoms with E-state index in [9.17, 15) is 4.79 Å². The zero-order valence-corrected chi connectivity index (χ0v) is 15.1. The summed E-state index contributed by atoms with van der Waals surface area (Å²) in [6.45, 7) is 4.05. The van der Waals surface area contributed by atoms with Crippen molar-refractivity contribution in [2.75, 3.05) is 0 Å². The Bertz CT molecular complexity index is 1160. The lowest BCUT2D eigenvalue weighted by molar-refractivity contribution is 0.0992. The highest BCUT2D eigenvalue weighted by Gasteiger charge is 2.12. The monoisotopic (exact) mass is 350 g/mol. The van der Waals surface area contributed by atoms with Crippen LogP contribution in [0.25, 0.3) is 21.0 Å². The number of nitrogens with zero attached hydrogens (tertiary/aromatic N) is 4. The van der Waals surface area contributed by atoms with Crippen LogP contribution in [0.1, 0.15) is 30.4 Å². The number of aryl methyl sites for hydroxylation is 1. The van der Waals surface area contributed by atoms with Gasteiger partial charge in [-0.05, 0) is 31.4 Å². The Morgan fingerprint density at radius 3 is 2.72 bits per heavy atom. The second-order valence-corrected chi connectivity index (χ2v) is 7.28. The van der Waals surface area contributed by atoms with Crippen LogP contribution in [0.5, 0.6) is 0 Å². The van der Waals surface area contributed by atoms with Crippen LogP contribution >= 0.6 is 11.3 Å². The summed E-state index contributed by atoms with van der Waals surface area (Å²) in [7, 11) is 1.95. The number of carbonyl (C=O) groups is 1. The molecular formula is C19H18N4OS. The molecule has 0 aliphatic rings. The second-order valence-electron chi connectivity index (χ2n) is 6.27. The maximum atomic E-state index is 12.5. The molecule has 126 valence electrons. The molecular weight excluding hydrogens is 332 g/mol. The summed E-state index contributed by atoms with van der Waals surface area (Å²) in [5.74, 6) is -0.314. The fourth-order valence-corrected chi connectivity index (χ4v) is 3.94. The number of hydrogen-bond donors (Lipinski definition) is 0. The van der Waals surface area contributed by atoms with Gasteiger partial charge in [0.2, 0.25) is 0 Å². The first-order valence-electron chi connectivity index (χ1n) is 8.16. The molecule has 0 aliphatic carbocycles. The molecule has 2 aromatic heterocycles. The van der Waals surface area contributed by atoms with Gasteiger partial charge in [0.1, 0.15) is 0 Å². The van der Waals surface area contributed by atoms with Crippen molar-refractivity contribution in [3.05, 3.63) is 59.2 Å². The lowest BCUT2D eigenvalue weighted by atomic mass is 10.1. The topological polar surface area (TPSA) is 52.2 Å². The number of thiazole rings is 1. The molecule has 0 unspecified atom stereocenters. The van der Waals surface area contributed by atoms with Crippen molar-refractivity contribution < 1.29 is 4.79 Å². The van der Waals surface area contributed by atoms with E-state index in [-0.39, 0.29) is 11.9 Å². The Kier molecular flexibility index (Phi) is 3.77. The molecule has 0 spiro atoms. The molecule has 4 rings (SSSR count). The van der Waals surface area contributed by atoms with Gasteiger partial charge in [-0.3, -0.25) is 9.48 Å². The van der Waals surface area contributed by atoms with Crippen LogP contribution in [0.4, 0.5) is 0 Å². The maximum Gasteiger partial charge on any atom is 0.300 e. The second kappa shape index (κ2) is 5.97. The first-order valence-corrected chi connectivity index (χ1v) is 8.98. The van der Waals surface area contributed by atoms with Crippen LogP contribution in [-0.2, 0) is 7.05 Å². The summed E-state index contributed by atoms with van der Waals surface area (Å²) in [6.07, 6.45) is 1.81. The molecule has 0 saturated carbocycles. The van der Waals surface area contributed by atoms with Crippen molar-refractivity contribution in [1.29, 1.82) is 0 Å². The fraction of sp³-hybridized carbons (Fsp3) is 0.211. The number of hydrogen-bond acceptors (Lipinski definition) is 3. The van der Waals surface area contributed by atoms with Crippen molar-refractivity contribution in [3.63, 3.8) is 0 Å². The highest BCUT2D eigenvalue weighted by atomic mass is 32.1. The molecule has 0 N–H and O–H groups in total. The molecule has 1 amide bonds. The summed E-state index contributed by atoms with van der Waals surface area (Å²) in [5.41, 5.74) is 1.47. The summed E-state index contributed by atoms with van der Waals surface area (Å²) in [6, 6.07) is 14.4. The molecule has 2 aromatic carbocycles. The molecule has 0 radical (unpaired) electrons. The lowest BCUT2D eigenvalue weighted by Crippen LogP contribution is -2.14. The van der Waals surface area contributed by atoms with Crippen molar-refractivity contribution in [3.8, 4) is 0 Å². The Morgan fingerprint density at radius 1 is 1.16 bits per heavy atom.